The van der Waals surface area contributed by atoms with E-state index in [-0.39, 0.29) is 12.4 Å². The third-order valence-corrected chi connectivity index (χ3v) is 6.66. The van der Waals surface area contributed by atoms with Crippen LogP contribution in [0.3, 0.4) is 0 Å². The van der Waals surface area contributed by atoms with Crippen molar-refractivity contribution in [3.05, 3.63) is 30.2 Å². The van der Waals surface area contributed by atoms with Gasteiger partial charge in [-0.25, -0.2) is 15.0 Å². The second kappa shape index (κ2) is 10.0. The summed E-state index contributed by atoms with van der Waals surface area (Å²) in [5, 5.41) is 5.02. The first-order chi connectivity index (χ1) is 15.2. The molecular weight excluding hydrogens is 422 g/mol. The van der Waals surface area contributed by atoms with Crippen LogP contribution in [0.4, 0.5) is 11.6 Å². The number of aromatic nitrogens is 4. The Labute approximate surface area is 196 Å². The first-order valence-electron chi connectivity index (χ1n) is 11.8. The highest BCUT2D eigenvalue weighted by atomic mass is 35.5. The van der Waals surface area contributed by atoms with Crippen molar-refractivity contribution in [3.63, 3.8) is 0 Å². The van der Waals surface area contributed by atoms with Crippen molar-refractivity contribution in [1.29, 1.82) is 0 Å². The van der Waals surface area contributed by atoms with Gasteiger partial charge in [-0.05, 0) is 57.1 Å². The lowest BCUT2D eigenvalue weighted by Crippen LogP contribution is -2.33. The van der Waals surface area contributed by atoms with E-state index < -0.39 is 0 Å². The Bertz CT molecular complexity index is 1040. The van der Waals surface area contributed by atoms with Gasteiger partial charge in [0.15, 0.2) is 0 Å². The molecule has 3 aromatic rings. The first-order valence-corrected chi connectivity index (χ1v) is 11.8. The van der Waals surface area contributed by atoms with Crippen LogP contribution in [0.2, 0.25) is 0 Å². The lowest BCUT2D eigenvalue weighted by molar-refractivity contribution is 0.411. The zero-order valence-corrected chi connectivity index (χ0v) is 19.6. The minimum atomic E-state index is 0. The maximum atomic E-state index is 6.15. The molecule has 0 aromatic carbocycles. The van der Waals surface area contributed by atoms with Crippen molar-refractivity contribution in [2.24, 2.45) is 5.73 Å². The molecular formula is C24H34ClN7. The molecule has 2 fully saturated rings. The van der Waals surface area contributed by atoms with Gasteiger partial charge in [0.1, 0.15) is 5.65 Å². The van der Waals surface area contributed by atoms with E-state index in [0.717, 1.165) is 85.5 Å². The molecule has 5 rings (SSSR count). The fraction of sp³-hybridized carbons (Fsp3) is 0.542. The molecule has 4 heterocycles. The highest BCUT2D eigenvalue weighted by Crippen LogP contribution is 2.36. The minimum Gasteiger partial charge on any atom is -0.381 e. The standard InChI is InChI=1S/C24H33N7.ClH/c1-2-5-18-14-19-22(28-17-8-6-16(25)7-9-17)20(15-27-23(19)29-18)21-10-11-26-24(30-21)31-12-3-4-13-31;/h10-11,14-17H,2-9,12-13,25H2,1H3,(H2,27,28,29);1H. The van der Waals surface area contributed by atoms with Gasteiger partial charge >= 0.3 is 0 Å². The topological polar surface area (TPSA) is 95.8 Å². The number of nitrogens with one attached hydrogen (secondary N) is 2. The summed E-state index contributed by atoms with van der Waals surface area (Å²) in [6.45, 7) is 4.27. The SMILES string of the molecule is CCCc1cc2c(NC3CCC(N)CC3)c(-c3ccnc(N4CCCC4)n3)cnc2[nH]1.Cl. The van der Waals surface area contributed by atoms with Crippen molar-refractivity contribution in [2.75, 3.05) is 23.3 Å². The number of nitrogens with zero attached hydrogens (tertiary/aromatic N) is 4. The highest BCUT2D eigenvalue weighted by molar-refractivity contribution is 5.98. The molecule has 8 heteroatoms. The lowest BCUT2D eigenvalue weighted by atomic mass is 9.91. The largest absolute Gasteiger partial charge is 0.381 e. The number of nitrogens with two attached hydrogens (primary N) is 1. The van der Waals surface area contributed by atoms with E-state index in [1.54, 1.807) is 0 Å². The van der Waals surface area contributed by atoms with E-state index >= 15 is 0 Å². The number of rotatable bonds is 6. The summed E-state index contributed by atoms with van der Waals surface area (Å²) in [5.41, 5.74) is 11.4. The second-order valence-electron chi connectivity index (χ2n) is 9.05. The summed E-state index contributed by atoms with van der Waals surface area (Å²) in [7, 11) is 0. The van der Waals surface area contributed by atoms with Crippen LogP contribution in [0.25, 0.3) is 22.3 Å². The molecule has 3 aromatic heterocycles. The molecule has 0 atom stereocenters. The number of H-pyrrole nitrogens is 1. The zero-order chi connectivity index (χ0) is 21.2. The average Bonchev–Trinajstić information content (AvgIpc) is 3.46. The van der Waals surface area contributed by atoms with Crippen LogP contribution in [-0.2, 0) is 6.42 Å². The maximum absolute atomic E-state index is 6.15. The summed E-state index contributed by atoms with van der Waals surface area (Å²) in [6, 6.07) is 5.02. The van der Waals surface area contributed by atoms with E-state index in [9.17, 15) is 0 Å². The Balaban J connectivity index is 0.00000245. The number of halogens is 1. The summed E-state index contributed by atoms with van der Waals surface area (Å²) >= 11 is 0. The molecule has 1 aliphatic carbocycles. The van der Waals surface area contributed by atoms with Gasteiger partial charge in [-0.1, -0.05) is 13.3 Å². The molecule has 32 heavy (non-hydrogen) atoms. The Morgan fingerprint density at radius 1 is 1.16 bits per heavy atom. The van der Waals surface area contributed by atoms with Crippen LogP contribution in [-0.4, -0.2) is 45.1 Å². The van der Waals surface area contributed by atoms with E-state index in [1.165, 1.54) is 18.5 Å². The lowest BCUT2D eigenvalue weighted by Gasteiger charge is -2.28. The Hall–Kier alpha value is -2.38. The fourth-order valence-electron chi connectivity index (χ4n) is 4.92. The molecule has 0 bridgehead atoms. The van der Waals surface area contributed by atoms with Gasteiger partial charge in [0.25, 0.3) is 0 Å². The number of aryl methyl sites for hydroxylation is 1. The Morgan fingerprint density at radius 3 is 2.69 bits per heavy atom. The second-order valence-corrected chi connectivity index (χ2v) is 9.05. The predicted octanol–water partition coefficient (Wildman–Crippen LogP) is 4.68. The van der Waals surface area contributed by atoms with Gasteiger partial charge < -0.3 is 20.9 Å². The van der Waals surface area contributed by atoms with Crippen molar-refractivity contribution >= 4 is 35.1 Å². The number of aromatic amines is 1. The van der Waals surface area contributed by atoms with Crippen molar-refractivity contribution in [1.82, 2.24) is 19.9 Å². The first kappa shape index (κ1) is 22.8. The van der Waals surface area contributed by atoms with Crippen LogP contribution < -0.4 is 16.0 Å². The molecule has 1 saturated carbocycles. The zero-order valence-electron chi connectivity index (χ0n) is 18.8. The minimum absolute atomic E-state index is 0. The number of anilines is 2. The fourth-order valence-corrected chi connectivity index (χ4v) is 4.92. The maximum Gasteiger partial charge on any atom is 0.225 e. The molecule has 0 spiro atoms. The van der Waals surface area contributed by atoms with E-state index in [2.05, 4.69) is 33.2 Å². The third-order valence-electron chi connectivity index (χ3n) is 6.66. The van der Waals surface area contributed by atoms with Crippen LogP contribution in [0.5, 0.6) is 0 Å². The molecule has 1 aliphatic heterocycles. The van der Waals surface area contributed by atoms with E-state index in [1.807, 2.05) is 18.5 Å². The highest BCUT2D eigenvalue weighted by Gasteiger charge is 2.23. The van der Waals surface area contributed by atoms with Crippen molar-refractivity contribution < 1.29 is 0 Å². The van der Waals surface area contributed by atoms with Crippen LogP contribution in [0, 0.1) is 0 Å². The Kier molecular flexibility index (Phi) is 7.16. The van der Waals surface area contributed by atoms with Gasteiger partial charge in [0, 0.05) is 54.2 Å². The smallest absolute Gasteiger partial charge is 0.225 e. The summed E-state index contributed by atoms with van der Waals surface area (Å²) in [6.07, 6.45) is 12.7. The number of hydrogen-bond donors (Lipinski definition) is 3. The van der Waals surface area contributed by atoms with Gasteiger partial charge in [0.05, 0.1) is 11.4 Å². The summed E-state index contributed by atoms with van der Waals surface area (Å²) < 4.78 is 0. The third kappa shape index (κ3) is 4.69. The molecule has 4 N–H and O–H groups in total. The van der Waals surface area contributed by atoms with E-state index in [0.29, 0.717) is 12.1 Å². The quantitative estimate of drug-likeness (QED) is 0.499. The molecule has 0 radical (unpaired) electrons. The molecule has 172 valence electrons. The summed E-state index contributed by atoms with van der Waals surface area (Å²) in [5.74, 6) is 0.824. The van der Waals surface area contributed by atoms with Crippen LogP contribution >= 0.6 is 12.4 Å². The number of fused-ring (bicyclic) bond motifs is 1. The number of pyridine rings is 1. The normalized spacial score (nSPS) is 21.0. The van der Waals surface area contributed by atoms with Crippen molar-refractivity contribution in [3.8, 4) is 11.3 Å². The molecule has 2 aliphatic rings. The molecule has 7 nitrogen and oxygen atoms in total. The van der Waals surface area contributed by atoms with Gasteiger partial charge in [-0.2, -0.15) is 0 Å². The average molecular weight is 456 g/mol. The predicted molar refractivity (Wildman–Crippen MR) is 134 cm³/mol. The monoisotopic (exact) mass is 455 g/mol. The number of hydrogen-bond acceptors (Lipinski definition) is 6. The van der Waals surface area contributed by atoms with Gasteiger partial charge in [-0.15, -0.1) is 12.4 Å². The molecule has 0 unspecified atom stereocenters. The van der Waals surface area contributed by atoms with Crippen LogP contribution in [0.1, 0.15) is 57.6 Å². The van der Waals surface area contributed by atoms with Gasteiger partial charge in [-0.3, -0.25) is 0 Å². The van der Waals surface area contributed by atoms with E-state index in [4.69, 9.17) is 15.7 Å². The van der Waals surface area contributed by atoms with Crippen LogP contribution in [0.15, 0.2) is 24.5 Å². The summed E-state index contributed by atoms with van der Waals surface area (Å²) in [4.78, 5) is 20.0. The van der Waals surface area contributed by atoms with Crippen molar-refractivity contribution in [2.45, 2.75) is 70.4 Å². The molecule has 0 amide bonds. The Morgan fingerprint density at radius 2 is 1.94 bits per heavy atom. The molecule has 1 saturated heterocycles. The van der Waals surface area contributed by atoms with Gasteiger partial charge in [0.2, 0.25) is 5.95 Å².